The van der Waals surface area contributed by atoms with E-state index in [1.54, 1.807) is 6.07 Å². The fourth-order valence-corrected chi connectivity index (χ4v) is 2.01. The molecule has 2 rings (SSSR count). The van der Waals surface area contributed by atoms with Crippen LogP contribution in [0.25, 0.3) is 0 Å². The summed E-state index contributed by atoms with van der Waals surface area (Å²) in [7, 11) is 0. The Bertz CT molecular complexity index is 558. The fourth-order valence-electron chi connectivity index (χ4n) is 1.78. The second-order valence-corrected chi connectivity index (χ2v) is 4.36. The van der Waals surface area contributed by atoms with Crippen molar-refractivity contribution in [3.05, 3.63) is 62.8 Å². The molecular formula is C13H14N2OS. The molecule has 0 saturated carbocycles. The summed E-state index contributed by atoms with van der Waals surface area (Å²) in [5.41, 5.74) is 2.08. The Morgan fingerprint density at radius 1 is 1.06 bits per heavy atom. The Labute approximate surface area is 105 Å². The molecule has 0 aliphatic carbocycles. The summed E-state index contributed by atoms with van der Waals surface area (Å²) in [6, 6.07) is 11.9. The van der Waals surface area contributed by atoms with Gasteiger partial charge in [0.2, 0.25) is 0 Å². The first kappa shape index (κ1) is 11.8. The van der Waals surface area contributed by atoms with Crippen molar-refractivity contribution in [2.24, 2.45) is 0 Å². The Morgan fingerprint density at radius 2 is 1.82 bits per heavy atom. The van der Waals surface area contributed by atoms with Crippen LogP contribution in [0.4, 0.5) is 0 Å². The van der Waals surface area contributed by atoms with Crippen molar-refractivity contribution in [1.29, 1.82) is 0 Å². The predicted molar refractivity (Wildman–Crippen MR) is 70.7 cm³/mol. The van der Waals surface area contributed by atoms with Gasteiger partial charge in [0.1, 0.15) is 0 Å². The van der Waals surface area contributed by atoms with Crippen molar-refractivity contribution in [2.45, 2.75) is 19.3 Å². The Balaban J connectivity index is 1.94. The zero-order valence-electron chi connectivity index (χ0n) is 9.40. The summed E-state index contributed by atoms with van der Waals surface area (Å²) >= 11 is 4.92. The van der Waals surface area contributed by atoms with E-state index in [1.807, 2.05) is 18.2 Å². The number of aromatic amines is 2. The van der Waals surface area contributed by atoms with Crippen molar-refractivity contribution in [3.8, 4) is 0 Å². The monoisotopic (exact) mass is 246 g/mol. The van der Waals surface area contributed by atoms with E-state index in [0.29, 0.717) is 4.77 Å². The smallest absolute Gasteiger partial charge is 0.251 e. The second kappa shape index (κ2) is 5.59. The third kappa shape index (κ3) is 3.67. The molecule has 0 atom stereocenters. The lowest BCUT2D eigenvalue weighted by molar-refractivity contribution is 0.789. The first-order valence-corrected chi connectivity index (χ1v) is 6.01. The standard InChI is InChI=1S/C13H14N2OS/c16-12-9-11(14-13(17)15-12)8-4-7-10-5-2-1-3-6-10/h1-3,5-6,9H,4,7-8H2,(H2,14,15,16,17). The maximum absolute atomic E-state index is 11.2. The Morgan fingerprint density at radius 3 is 2.53 bits per heavy atom. The number of nitrogens with one attached hydrogen (secondary N) is 2. The first-order valence-electron chi connectivity index (χ1n) is 5.60. The van der Waals surface area contributed by atoms with Crippen LogP contribution in [0.15, 0.2) is 41.2 Å². The van der Waals surface area contributed by atoms with Crippen molar-refractivity contribution in [3.63, 3.8) is 0 Å². The maximum atomic E-state index is 11.2. The lowest BCUT2D eigenvalue weighted by Crippen LogP contribution is -2.08. The summed E-state index contributed by atoms with van der Waals surface area (Å²) in [6.07, 6.45) is 2.84. The molecule has 2 aromatic rings. The highest BCUT2D eigenvalue weighted by molar-refractivity contribution is 7.71. The van der Waals surface area contributed by atoms with Gasteiger partial charge >= 0.3 is 0 Å². The van der Waals surface area contributed by atoms with E-state index in [0.717, 1.165) is 25.0 Å². The fraction of sp³-hybridized carbons (Fsp3) is 0.231. The van der Waals surface area contributed by atoms with E-state index in [2.05, 4.69) is 22.1 Å². The largest absolute Gasteiger partial charge is 0.336 e. The number of H-pyrrole nitrogens is 2. The number of aromatic nitrogens is 2. The summed E-state index contributed by atoms with van der Waals surface area (Å²) in [5.74, 6) is 0. The summed E-state index contributed by atoms with van der Waals surface area (Å²) in [4.78, 5) is 16.7. The SMILES string of the molecule is O=c1cc(CCCc2ccccc2)[nH]c(=S)[nH]1. The molecule has 1 heterocycles. The van der Waals surface area contributed by atoms with E-state index in [4.69, 9.17) is 12.2 Å². The van der Waals surface area contributed by atoms with Gasteiger partial charge in [0.15, 0.2) is 4.77 Å². The quantitative estimate of drug-likeness (QED) is 0.815. The molecule has 0 spiro atoms. The van der Waals surface area contributed by atoms with Crippen LogP contribution in [-0.2, 0) is 12.8 Å². The normalized spacial score (nSPS) is 10.4. The summed E-state index contributed by atoms with van der Waals surface area (Å²) < 4.78 is 0.396. The van der Waals surface area contributed by atoms with Gasteiger partial charge in [-0.1, -0.05) is 30.3 Å². The molecule has 0 bridgehead atoms. The molecule has 1 aromatic heterocycles. The van der Waals surface area contributed by atoms with Gasteiger partial charge in [-0.25, -0.2) is 0 Å². The number of aryl methyl sites for hydroxylation is 2. The van der Waals surface area contributed by atoms with Gasteiger partial charge in [-0.05, 0) is 37.0 Å². The molecule has 2 N–H and O–H groups in total. The van der Waals surface area contributed by atoms with Crippen molar-refractivity contribution < 1.29 is 0 Å². The van der Waals surface area contributed by atoms with Crippen LogP contribution in [0, 0.1) is 4.77 Å². The minimum atomic E-state index is -0.136. The Kier molecular flexibility index (Phi) is 3.88. The van der Waals surface area contributed by atoms with Gasteiger partial charge in [0.05, 0.1) is 0 Å². The highest BCUT2D eigenvalue weighted by atomic mass is 32.1. The minimum absolute atomic E-state index is 0.136. The molecule has 17 heavy (non-hydrogen) atoms. The van der Waals surface area contributed by atoms with E-state index in [-0.39, 0.29) is 5.56 Å². The van der Waals surface area contributed by atoms with Gasteiger partial charge in [0, 0.05) is 11.8 Å². The molecule has 3 nitrogen and oxygen atoms in total. The molecule has 0 aliphatic rings. The molecule has 4 heteroatoms. The third-order valence-electron chi connectivity index (χ3n) is 2.57. The lowest BCUT2D eigenvalue weighted by atomic mass is 10.1. The van der Waals surface area contributed by atoms with Crippen LogP contribution >= 0.6 is 12.2 Å². The lowest BCUT2D eigenvalue weighted by Gasteiger charge is -2.02. The maximum Gasteiger partial charge on any atom is 0.251 e. The van der Waals surface area contributed by atoms with Crippen molar-refractivity contribution >= 4 is 12.2 Å². The number of rotatable bonds is 4. The van der Waals surface area contributed by atoms with E-state index < -0.39 is 0 Å². The van der Waals surface area contributed by atoms with Gasteiger partial charge in [-0.2, -0.15) is 0 Å². The topological polar surface area (TPSA) is 48.6 Å². The summed E-state index contributed by atoms with van der Waals surface area (Å²) in [5, 5.41) is 0. The Hall–Kier alpha value is -1.68. The number of hydrogen-bond donors (Lipinski definition) is 2. The molecule has 0 amide bonds. The minimum Gasteiger partial charge on any atom is -0.336 e. The van der Waals surface area contributed by atoms with Crippen molar-refractivity contribution in [1.82, 2.24) is 9.97 Å². The molecule has 0 aliphatic heterocycles. The van der Waals surface area contributed by atoms with Crippen molar-refractivity contribution in [2.75, 3.05) is 0 Å². The predicted octanol–water partition coefficient (Wildman–Crippen LogP) is 2.61. The number of hydrogen-bond acceptors (Lipinski definition) is 2. The van der Waals surface area contributed by atoms with Crippen LogP contribution in [0.3, 0.4) is 0 Å². The zero-order valence-corrected chi connectivity index (χ0v) is 10.2. The molecule has 1 aromatic carbocycles. The van der Waals surface area contributed by atoms with Crippen LogP contribution in [-0.4, -0.2) is 9.97 Å². The van der Waals surface area contributed by atoms with Gasteiger partial charge in [-0.3, -0.25) is 9.78 Å². The van der Waals surface area contributed by atoms with E-state index >= 15 is 0 Å². The molecular weight excluding hydrogens is 232 g/mol. The second-order valence-electron chi connectivity index (χ2n) is 3.95. The summed E-state index contributed by atoms with van der Waals surface area (Å²) in [6.45, 7) is 0. The van der Waals surface area contributed by atoms with Gasteiger partial charge in [-0.15, -0.1) is 0 Å². The van der Waals surface area contributed by atoms with Crippen LogP contribution in [0.2, 0.25) is 0 Å². The highest BCUT2D eigenvalue weighted by Gasteiger charge is 1.97. The van der Waals surface area contributed by atoms with Gasteiger partial charge < -0.3 is 4.98 Å². The van der Waals surface area contributed by atoms with Crippen LogP contribution in [0.5, 0.6) is 0 Å². The zero-order chi connectivity index (χ0) is 12.1. The molecule has 0 saturated heterocycles. The highest BCUT2D eigenvalue weighted by Crippen LogP contribution is 2.05. The van der Waals surface area contributed by atoms with Crippen LogP contribution < -0.4 is 5.56 Å². The first-order chi connectivity index (χ1) is 8.24. The third-order valence-corrected chi connectivity index (χ3v) is 2.77. The average Bonchev–Trinajstić information content (AvgIpc) is 2.29. The molecule has 0 unspecified atom stereocenters. The molecule has 0 radical (unpaired) electrons. The van der Waals surface area contributed by atoms with E-state index in [1.165, 1.54) is 5.56 Å². The number of benzene rings is 1. The molecule has 88 valence electrons. The van der Waals surface area contributed by atoms with Gasteiger partial charge in [0.25, 0.3) is 5.56 Å². The van der Waals surface area contributed by atoms with E-state index in [9.17, 15) is 4.79 Å². The average molecular weight is 246 g/mol. The molecule has 0 fully saturated rings. The van der Waals surface area contributed by atoms with Crippen LogP contribution in [0.1, 0.15) is 17.7 Å².